The lowest BCUT2D eigenvalue weighted by atomic mass is 9.94. The number of benzene rings is 1. The van der Waals surface area contributed by atoms with Gasteiger partial charge in [0.25, 0.3) is 0 Å². The van der Waals surface area contributed by atoms with Crippen molar-refractivity contribution in [3.8, 4) is 0 Å². The molecule has 2 unspecified atom stereocenters. The summed E-state index contributed by atoms with van der Waals surface area (Å²) in [7, 11) is 0. The average molecular weight is 248 g/mol. The Morgan fingerprint density at radius 3 is 2.61 bits per heavy atom. The third-order valence-corrected chi connectivity index (χ3v) is 3.03. The second kappa shape index (κ2) is 7.67. The van der Waals surface area contributed by atoms with E-state index in [1.165, 1.54) is 11.6 Å². The first-order valence-electron chi connectivity index (χ1n) is 6.21. The molecule has 0 aliphatic heterocycles. The van der Waals surface area contributed by atoms with Gasteiger partial charge in [0.2, 0.25) is 0 Å². The number of hydrogen-bond acceptors (Lipinski definition) is 2. The molecule has 1 rings (SSSR count). The van der Waals surface area contributed by atoms with Gasteiger partial charge in [-0.3, -0.25) is 0 Å². The number of carboxylic acid groups (broad SMARTS) is 1. The fourth-order valence-electron chi connectivity index (χ4n) is 1.77. The van der Waals surface area contributed by atoms with Gasteiger partial charge in [-0.05, 0) is 30.7 Å². The molecule has 2 atom stereocenters. The van der Waals surface area contributed by atoms with Gasteiger partial charge in [-0.25, -0.2) is 4.79 Å². The molecule has 2 N–H and O–H groups in total. The highest BCUT2D eigenvalue weighted by molar-refractivity contribution is 5.79. The minimum Gasteiger partial charge on any atom is -0.478 e. The second-order valence-electron chi connectivity index (χ2n) is 4.55. The Morgan fingerprint density at radius 1 is 1.33 bits per heavy atom. The molecule has 0 heterocycles. The fraction of sp³-hybridized carbons (Fsp3) is 0.400. The first-order valence-corrected chi connectivity index (χ1v) is 6.21. The Morgan fingerprint density at radius 2 is 2.00 bits per heavy atom. The van der Waals surface area contributed by atoms with E-state index >= 15 is 0 Å². The summed E-state index contributed by atoms with van der Waals surface area (Å²) >= 11 is 0. The van der Waals surface area contributed by atoms with Crippen molar-refractivity contribution >= 4 is 5.97 Å². The summed E-state index contributed by atoms with van der Waals surface area (Å²) in [6, 6.07) is 10.1. The van der Waals surface area contributed by atoms with Crippen LogP contribution < -0.4 is 0 Å². The van der Waals surface area contributed by atoms with Gasteiger partial charge in [0, 0.05) is 6.08 Å². The van der Waals surface area contributed by atoms with Crippen LogP contribution in [-0.2, 0) is 11.2 Å². The van der Waals surface area contributed by atoms with E-state index in [4.69, 9.17) is 5.11 Å². The van der Waals surface area contributed by atoms with E-state index in [-0.39, 0.29) is 5.92 Å². The van der Waals surface area contributed by atoms with E-state index in [0.29, 0.717) is 6.42 Å². The van der Waals surface area contributed by atoms with E-state index in [9.17, 15) is 9.90 Å². The van der Waals surface area contributed by atoms with Crippen LogP contribution in [0.15, 0.2) is 42.5 Å². The van der Waals surface area contributed by atoms with E-state index < -0.39 is 12.1 Å². The molecule has 0 fully saturated rings. The van der Waals surface area contributed by atoms with Crippen LogP contribution in [0.2, 0.25) is 0 Å². The summed E-state index contributed by atoms with van der Waals surface area (Å²) in [5, 5.41) is 18.3. The number of aryl methyl sites for hydroxylation is 1. The minimum absolute atomic E-state index is 0.156. The molecular formula is C15H20O3. The number of aliphatic hydroxyl groups excluding tert-OH is 1. The SMILES string of the molecule is CC(CCc1ccccc1)C(O)CC=CC(=O)O. The highest BCUT2D eigenvalue weighted by Crippen LogP contribution is 2.15. The molecule has 0 spiro atoms. The molecule has 98 valence electrons. The van der Waals surface area contributed by atoms with E-state index in [1.54, 1.807) is 0 Å². The zero-order valence-corrected chi connectivity index (χ0v) is 10.6. The largest absolute Gasteiger partial charge is 0.478 e. The molecule has 18 heavy (non-hydrogen) atoms. The molecule has 0 aromatic heterocycles. The molecule has 0 saturated carbocycles. The predicted octanol–water partition coefficient (Wildman–Crippen LogP) is 2.65. The summed E-state index contributed by atoms with van der Waals surface area (Å²) in [6.07, 6.45) is 4.32. The lowest BCUT2D eigenvalue weighted by Crippen LogP contribution is -2.17. The monoisotopic (exact) mass is 248 g/mol. The summed E-state index contributed by atoms with van der Waals surface area (Å²) < 4.78 is 0. The van der Waals surface area contributed by atoms with Crippen LogP contribution >= 0.6 is 0 Å². The molecule has 0 amide bonds. The minimum atomic E-state index is -0.973. The topological polar surface area (TPSA) is 57.5 Å². The van der Waals surface area contributed by atoms with Crippen molar-refractivity contribution in [1.29, 1.82) is 0 Å². The van der Waals surface area contributed by atoms with E-state index in [1.807, 2.05) is 25.1 Å². The maximum absolute atomic E-state index is 10.3. The molecule has 1 aromatic rings. The predicted molar refractivity (Wildman–Crippen MR) is 71.3 cm³/mol. The smallest absolute Gasteiger partial charge is 0.327 e. The second-order valence-corrected chi connectivity index (χ2v) is 4.55. The molecule has 3 heteroatoms. The summed E-state index contributed by atoms with van der Waals surface area (Å²) in [4.78, 5) is 10.3. The van der Waals surface area contributed by atoms with Crippen LogP contribution in [0.1, 0.15) is 25.3 Å². The molecule has 0 aliphatic carbocycles. The van der Waals surface area contributed by atoms with Gasteiger partial charge >= 0.3 is 5.97 Å². The van der Waals surface area contributed by atoms with Crippen molar-refractivity contribution in [3.05, 3.63) is 48.0 Å². The molecule has 0 saturated heterocycles. The lowest BCUT2D eigenvalue weighted by Gasteiger charge is -2.17. The van der Waals surface area contributed by atoms with E-state index in [0.717, 1.165) is 18.9 Å². The maximum Gasteiger partial charge on any atom is 0.327 e. The van der Waals surface area contributed by atoms with Crippen LogP contribution in [0.3, 0.4) is 0 Å². The zero-order chi connectivity index (χ0) is 13.4. The molecule has 3 nitrogen and oxygen atoms in total. The highest BCUT2D eigenvalue weighted by atomic mass is 16.4. The van der Waals surface area contributed by atoms with Crippen molar-refractivity contribution in [2.75, 3.05) is 0 Å². The quantitative estimate of drug-likeness (QED) is 0.729. The Balaban J connectivity index is 2.31. The number of hydrogen-bond donors (Lipinski definition) is 2. The highest BCUT2D eigenvalue weighted by Gasteiger charge is 2.12. The Hall–Kier alpha value is -1.61. The van der Waals surface area contributed by atoms with Crippen molar-refractivity contribution in [3.63, 3.8) is 0 Å². The molecule has 0 bridgehead atoms. The van der Waals surface area contributed by atoms with Gasteiger partial charge in [0.05, 0.1) is 6.10 Å². The summed E-state index contributed by atoms with van der Waals surface area (Å²) in [6.45, 7) is 1.99. The number of carbonyl (C=O) groups is 1. The standard InChI is InChI=1S/C15H20O3/c1-12(14(16)8-5-9-15(17)18)10-11-13-6-3-2-4-7-13/h2-7,9,12,14,16H,8,10-11H2,1H3,(H,17,18). The van der Waals surface area contributed by atoms with Crippen molar-refractivity contribution < 1.29 is 15.0 Å². The van der Waals surface area contributed by atoms with Gasteiger partial charge in [-0.15, -0.1) is 0 Å². The molecule has 1 aromatic carbocycles. The van der Waals surface area contributed by atoms with Crippen LogP contribution in [0.25, 0.3) is 0 Å². The van der Waals surface area contributed by atoms with Gasteiger partial charge in [0.1, 0.15) is 0 Å². The van der Waals surface area contributed by atoms with Crippen molar-refractivity contribution in [1.82, 2.24) is 0 Å². The van der Waals surface area contributed by atoms with Gasteiger partial charge < -0.3 is 10.2 Å². The zero-order valence-electron chi connectivity index (χ0n) is 10.6. The number of aliphatic hydroxyl groups is 1. The van der Waals surface area contributed by atoms with Crippen LogP contribution in [0.5, 0.6) is 0 Å². The number of rotatable bonds is 7. The average Bonchev–Trinajstić information content (AvgIpc) is 2.36. The third-order valence-electron chi connectivity index (χ3n) is 3.03. The van der Waals surface area contributed by atoms with Gasteiger partial charge in [-0.2, -0.15) is 0 Å². The lowest BCUT2D eigenvalue weighted by molar-refractivity contribution is -0.131. The van der Waals surface area contributed by atoms with Crippen LogP contribution in [0.4, 0.5) is 0 Å². The normalized spacial score (nSPS) is 14.6. The Bertz CT molecular complexity index is 384. The van der Waals surface area contributed by atoms with E-state index in [2.05, 4.69) is 12.1 Å². The molecule has 0 aliphatic rings. The maximum atomic E-state index is 10.3. The summed E-state index contributed by atoms with van der Waals surface area (Å²) in [5.41, 5.74) is 1.26. The number of aliphatic carboxylic acids is 1. The first kappa shape index (κ1) is 14.5. The van der Waals surface area contributed by atoms with Gasteiger partial charge in [0.15, 0.2) is 0 Å². The van der Waals surface area contributed by atoms with Crippen molar-refractivity contribution in [2.24, 2.45) is 5.92 Å². The first-order chi connectivity index (χ1) is 8.59. The van der Waals surface area contributed by atoms with Gasteiger partial charge in [-0.1, -0.05) is 43.3 Å². The van der Waals surface area contributed by atoms with Crippen LogP contribution in [0, 0.1) is 5.92 Å². The third kappa shape index (κ3) is 5.64. The summed E-state index contributed by atoms with van der Waals surface area (Å²) in [5.74, 6) is -0.817. The molecular weight excluding hydrogens is 228 g/mol. The Labute approximate surface area is 108 Å². The van der Waals surface area contributed by atoms with Crippen LogP contribution in [-0.4, -0.2) is 22.3 Å². The number of carboxylic acids is 1. The van der Waals surface area contributed by atoms with Crippen molar-refractivity contribution in [2.45, 2.75) is 32.3 Å². The fourth-order valence-corrected chi connectivity index (χ4v) is 1.77. The Kier molecular flexibility index (Phi) is 6.15. The molecule has 0 radical (unpaired) electrons.